The molecule has 0 bridgehead atoms. The van der Waals surface area contributed by atoms with Gasteiger partial charge in [0.05, 0.1) is 7.11 Å². The number of aryl methyl sites for hydroxylation is 1. The topological polar surface area (TPSA) is 47.3 Å². The number of rotatable bonds is 4. The fraction of sp³-hybridized carbons (Fsp3) is 0.538. The number of benzene rings is 1. The van der Waals surface area contributed by atoms with Crippen LogP contribution in [0.3, 0.4) is 0 Å². The molecular weight excluding hydrogens is 200 g/mol. The molecule has 0 aliphatic heterocycles. The second-order valence-electron chi connectivity index (χ2n) is 4.74. The molecule has 16 heavy (non-hydrogen) atoms. The fourth-order valence-corrected chi connectivity index (χ4v) is 2.38. The van der Waals surface area contributed by atoms with Crippen LogP contribution in [0.25, 0.3) is 0 Å². The first-order valence-corrected chi connectivity index (χ1v) is 5.78. The predicted octanol–water partition coefficient (Wildman–Crippen LogP) is 2.16. The van der Waals surface area contributed by atoms with E-state index in [1.54, 1.807) is 7.11 Å². The molecule has 0 radical (unpaired) electrons. The van der Waals surface area contributed by atoms with Crippen molar-refractivity contribution in [2.24, 2.45) is 17.7 Å². The molecule has 3 nitrogen and oxygen atoms in total. The van der Waals surface area contributed by atoms with E-state index in [0.717, 1.165) is 11.7 Å². The number of hydrogen-bond donors (Lipinski definition) is 2. The minimum Gasteiger partial charge on any atom is -0.497 e. The van der Waals surface area contributed by atoms with Gasteiger partial charge in [0, 0.05) is 6.04 Å². The van der Waals surface area contributed by atoms with E-state index in [-0.39, 0.29) is 6.04 Å². The van der Waals surface area contributed by atoms with Crippen LogP contribution >= 0.6 is 0 Å². The summed E-state index contributed by atoms with van der Waals surface area (Å²) in [6.07, 6.45) is 1.26. The van der Waals surface area contributed by atoms with Gasteiger partial charge >= 0.3 is 0 Å². The van der Waals surface area contributed by atoms with Crippen LogP contribution in [-0.4, -0.2) is 7.11 Å². The van der Waals surface area contributed by atoms with Crippen LogP contribution in [0.2, 0.25) is 0 Å². The molecule has 1 saturated carbocycles. The van der Waals surface area contributed by atoms with Crippen LogP contribution in [0.15, 0.2) is 18.2 Å². The Labute approximate surface area is 97.0 Å². The van der Waals surface area contributed by atoms with Gasteiger partial charge in [-0.3, -0.25) is 11.3 Å². The van der Waals surface area contributed by atoms with Gasteiger partial charge in [0.15, 0.2) is 0 Å². The van der Waals surface area contributed by atoms with Crippen molar-refractivity contribution < 1.29 is 4.74 Å². The predicted molar refractivity (Wildman–Crippen MR) is 65.1 cm³/mol. The first-order chi connectivity index (χ1) is 7.67. The summed E-state index contributed by atoms with van der Waals surface area (Å²) in [6.45, 7) is 4.38. The lowest BCUT2D eigenvalue weighted by Gasteiger charge is -2.19. The third kappa shape index (κ3) is 2.06. The second-order valence-corrected chi connectivity index (χ2v) is 4.74. The molecule has 3 heteroatoms. The van der Waals surface area contributed by atoms with E-state index < -0.39 is 0 Å². The van der Waals surface area contributed by atoms with Gasteiger partial charge in [0.2, 0.25) is 0 Å². The Morgan fingerprint density at radius 1 is 1.50 bits per heavy atom. The Morgan fingerprint density at radius 3 is 2.62 bits per heavy atom. The van der Waals surface area contributed by atoms with Gasteiger partial charge in [0.25, 0.3) is 0 Å². The van der Waals surface area contributed by atoms with Crippen LogP contribution in [0.5, 0.6) is 5.75 Å². The highest BCUT2D eigenvalue weighted by Gasteiger charge is 2.40. The molecule has 0 amide bonds. The lowest BCUT2D eigenvalue weighted by Crippen LogP contribution is -2.30. The van der Waals surface area contributed by atoms with Gasteiger partial charge in [-0.15, -0.1) is 0 Å². The average molecular weight is 220 g/mol. The molecule has 0 heterocycles. The Kier molecular flexibility index (Phi) is 3.17. The minimum atomic E-state index is 0.279. The number of nitrogens with one attached hydrogen (secondary N) is 1. The van der Waals surface area contributed by atoms with Crippen LogP contribution in [-0.2, 0) is 0 Å². The maximum absolute atomic E-state index is 5.67. The number of methoxy groups -OCH3 is 1. The quantitative estimate of drug-likeness (QED) is 0.604. The van der Waals surface area contributed by atoms with Crippen LogP contribution in [0.1, 0.15) is 30.5 Å². The Bertz CT molecular complexity index is 378. The highest BCUT2D eigenvalue weighted by Crippen LogP contribution is 2.47. The highest BCUT2D eigenvalue weighted by atomic mass is 16.5. The van der Waals surface area contributed by atoms with Crippen LogP contribution in [0, 0.1) is 18.8 Å². The SMILES string of the molecule is COc1ccc(C(NN)C2CC2C)c(C)c1. The normalized spacial score (nSPS) is 25.2. The Morgan fingerprint density at radius 2 is 2.19 bits per heavy atom. The number of nitrogens with two attached hydrogens (primary N) is 1. The van der Waals surface area contributed by atoms with E-state index in [4.69, 9.17) is 10.6 Å². The van der Waals surface area contributed by atoms with Crippen molar-refractivity contribution in [2.75, 3.05) is 7.11 Å². The maximum Gasteiger partial charge on any atom is 0.119 e. The molecular formula is C13H20N2O. The smallest absolute Gasteiger partial charge is 0.119 e. The standard InChI is InChI=1S/C13H20N2O/c1-8-6-10(16-3)4-5-11(8)13(15-14)12-7-9(12)2/h4-6,9,12-13,15H,7,14H2,1-3H3. The van der Waals surface area contributed by atoms with Crippen molar-refractivity contribution in [3.05, 3.63) is 29.3 Å². The number of ether oxygens (including phenoxy) is 1. The fourth-order valence-electron chi connectivity index (χ4n) is 2.38. The molecule has 88 valence electrons. The second kappa shape index (κ2) is 4.44. The van der Waals surface area contributed by atoms with Crippen molar-refractivity contribution in [3.63, 3.8) is 0 Å². The molecule has 0 aromatic heterocycles. The zero-order valence-corrected chi connectivity index (χ0v) is 10.2. The Hall–Kier alpha value is -1.06. The lowest BCUT2D eigenvalue weighted by atomic mass is 9.97. The molecule has 3 atom stereocenters. The van der Waals surface area contributed by atoms with E-state index in [0.29, 0.717) is 5.92 Å². The van der Waals surface area contributed by atoms with E-state index in [9.17, 15) is 0 Å². The lowest BCUT2D eigenvalue weighted by molar-refractivity contribution is 0.413. The summed E-state index contributed by atoms with van der Waals surface area (Å²) in [7, 11) is 1.69. The van der Waals surface area contributed by atoms with Gasteiger partial charge in [0.1, 0.15) is 5.75 Å². The highest BCUT2D eigenvalue weighted by molar-refractivity contribution is 5.37. The Balaban J connectivity index is 2.24. The minimum absolute atomic E-state index is 0.279. The van der Waals surface area contributed by atoms with Gasteiger partial charge in [-0.05, 0) is 48.4 Å². The van der Waals surface area contributed by atoms with E-state index in [1.807, 2.05) is 6.07 Å². The monoisotopic (exact) mass is 220 g/mol. The maximum atomic E-state index is 5.67. The largest absolute Gasteiger partial charge is 0.497 e. The van der Waals surface area contributed by atoms with Crippen molar-refractivity contribution in [1.82, 2.24) is 5.43 Å². The average Bonchev–Trinajstić information content (AvgIpc) is 2.99. The first kappa shape index (κ1) is 11.4. The zero-order chi connectivity index (χ0) is 11.7. The third-order valence-corrected chi connectivity index (χ3v) is 3.59. The van der Waals surface area contributed by atoms with Crippen molar-refractivity contribution in [3.8, 4) is 5.75 Å². The van der Waals surface area contributed by atoms with Crippen molar-refractivity contribution in [2.45, 2.75) is 26.3 Å². The molecule has 1 aliphatic carbocycles. The molecule has 0 saturated heterocycles. The summed E-state index contributed by atoms with van der Waals surface area (Å²) in [5, 5.41) is 0. The van der Waals surface area contributed by atoms with Crippen molar-refractivity contribution in [1.29, 1.82) is 0 Å². The van der Waals surface area contributed by atoms with Crippen molar-refractivity contribution >= 4 is 0 Å². The zero-order valence-electron chi connectivity index (χ0n) is 10.2. The molecule has 3 N–H and O–H groups in total. The molecule has 2 rings (SSSR count). The summed E-state index contributed by atoms with van der Waals surface area (Å²) in [5.74, 6) is 8.03. The molecule has 1 aromatic rings. The molecule has 1 fully saturated rings. The molecule has 1 aromatic carbocycles. The summed E-state index contributed by atoms with van der Waals surface area (Å²) >= 11 is 0. The van der Waals surface area contributed by atoms with Gasteiger partial charge in [-0.1, -0.05) is 13.0 Å². The number of hydrogen-bond acceptors (Lipinski definition) is 3. The van der Waals surface area contributed by atoms with E-state index in [1.165, 1.54) is 17.5 Å². The molecule has 3 unspecified atom stereocenters. The van der Waals surface area contributed by atoms with Gasteiger partial charge in [-0.25, -0.2) is 0 Å². The first-order valence-electron chi connectivity index (χ1n) is 5.78. The van der Waals surface area contributed by atoms with Crippen LogP contribution < -0.4 is 16.0 Å². The summed E-state index contributed by atoms with van der Waals surface area (Å²) in [6, 6.07) is 6.46. The van der Waals surface area contributed by atoms with E-state index >= 15 is 0 Å². The summed E-state index contributed by atoms with van der Waals surface area (Å²) < 4.78 is 5.21. The molecule has 0 spiro atoms. The summed E-state index contributed by atoms with van der Waals surface area (Å²) in [5.41, 5.74) is 5.48. The van der Waals surface area contributed by atoms with E-state index in [2.05, 4.69) is 31.4 Å². The molecule has 1 aliphatic rings. The van der Waals surface area contributed by atoms with Gasteiger partial charge < -0.3 is 4.74 Å². The van der Waals surface area contributed by atoms with Crippen LogP contribution in [0.4, 0.5) is 0 Å². The van der Waals surface area contributed by atoms with Gasteiger partial charge in [-0.2, -0.15) is 0 Å². The summed E-state index contributed by atoms with van der Waals surface area (Å²) in [4.78, 5) is 0. The number of hydrazine groups is 1. The third-order valence-electron chi connectivity index (χ3n) is 3.59.